The molecule has 0 spiro atoms. The highest BCUT2D eigenvalue weighted by Crippen LogP contribution is 2.28. The molecule has 2 aliphatic heterocycles. The van der Waals surface area contributed by atoms with Gasteiger partial charge in [0, 0.05) is 25.1 Å². The largest absolute Gasteiger partial charge is 0.444 e. The van der Waals surface area contributed by atoms with Crippen molar-refractivity contribution >= 4 is 29.7 Å². The van der Waals surface area contributed by atoms with Crippen LogP contribution in [0.25, 0.3) is 0 Å². The summed E-state index contributed by atoms with van der Waals surface area (Å²) in [4.78, 5) is 63.7. The molecule has 2 aliphatic rings. The van der Waals surface area contributed by atoms with Crippen LogP contribution in [0.3, 0.4) is 0 Å². The number of fused-ring (bicyclic) bond motifs is 1. The van der Waals surface area contributed by atoms with E-state index in [0.717, 1.165) is 5.56 Å². The Labute approximate surface area is 214 Å². The molecule has 2 aromatic carbocycles. The molecule has 0 saturated carbocycles. The molecule has 1 fully saturated rings. The fourth-order valence-corrected chi connectivity index (χ4v) is 4.37. The van der Waals surface area contributed by atoms with Crippen molar-refractivity contribution in [2.45, 2.75) is 64.4 Å². The molecule has 0 aromatic heterocycles. The van der Waals surface area contributed by atoms with Gasteiger partial charge in [-0.15, -0.1) is 0 Å². The number of carbonyl (C=O) groups excluding carboxylic acids is 5. The van der Waals surface area contributed by atoms with Gasteiger partial charge in [-0.05, 0) is 49.9 Å². The summed E-state index contributed by atoms with van der Waals surface area (Å²) in [6.07, 6.45) is -0.236. The molecule has 10 heteroatoms. The van der Waals surface area contributed by atoms with E-state index in [-0.39, 0.29) is 31.3 Å². The summed E-state index contributed by atoms with van der Waals surface area (Å²) >= 11 is 0. The Kier molecular flexibility index (Phi) is 7.28. The summed E-state index contributed by atoms with van der Waals surface area (Å²) in [6, 6.07) is 12.5. The molecular weight excluding hydrogens is 476 g/mol. The molecule has 4 rings (SSSR count). The third kappa shape index (κ3) is 6.14. The predicted molar refractivity (Wildman–Crippen MR) is 133 cm³/mol. The van der Waals surface area contributed by atoms with Gasteiger partial charge in [0.05, 0.1) is 0 Å². The molecule has 5 amide bonds. The van der Waals surface area contributed by atoms with Gasteiger partial charge in [0.25, 0.3) is 5.91 Å². The van der Waals surface area contributed by atoms with Crippen LogP contribution in [0, 0.1) is 0 Å². The van der Waals surface area contributed by atoms with Crippen LogP contribution in [-0.2, 0) is 32.2 Å². The molecule has 3 N–H and O–H groups in total. The Morgan fingerprint density at radius 2 is 1.84 bits per heavy atom. The van der Waals surface area contributed by atoms with Crippen LogP contribution < -0.4 is 16.0 Å². The zero-order valence-corrected chi connectivity index (χ0v) is 21.0. The summed E-state index contributed by atoms with van der Waals surface area (Å²) in [6.45, 7) is 5.61. The van der Waals surface area contributed by atoms with E-state index < -0.39 is 35.6 Å². The molecule has 1 saturated heterocycles. The summed E-state index contributed by atoms with van der Waals surface area (Å²) in [5.74, 6) is -1.52. The first-order chi connectivity index (χ1) is 17.5. The lowest BCUT2D eigenvalue weighted by Gasteiger charge is -2.29. The summed E-state index contributed by atoms with van der Waals surface area (Å²) in [5.41, 5.74) is 1.80. The SMILES string of the molecule is CC(C)(C)OC(=O)N[C@H](C(=O)NCc1ccc2c(c1)C(=O)N(C1CCC(=O)NC1=O)C2)c1ccccc1. The number of nitrogens with one attached hydrogen (secondary N) is 3. The quantitative estimate of drug-likeness (QED) is 0.515. The van der Waals surface area contributed by atoms with Gasteiger partial charge < -0.3 is 20.3 Å². The van der Waals surface area contributed by atoms with Crippen LogP contribution >= 0.6 is 0 Å². The second kappa shape index (κ2) is 10.4. The van der Waals surface area contributed by atoms with Gasteiger partial charge in [-0.1, -0.05) is 42.5 Å². The number of rotatable bonds is 6. The van der Waals surface area contributed by atoms with Crippen LogP contribution in [-0.4, -0.2) is 46.3 Å². The molecule has 1 unspecified atom stereocenters. The Morgan fingerprint density at radius 1 is 1.11 bits per heavy atom. The van der Waals surface area contributed by atoms with Crippen LogP contribution in [0.5, 0.6) is 0 Å². The molecule has 194 valence electrons. The average Bonchev–Trinajstić information content (AvgIpc) is 3.16. The number of nitrogens with zero attached hydrogens (tertiary/aromatic N) is 1. The zero-order chi connectivity index (χ0) is 26.7. The van der Waals surface area contributed by atoms with E-state index in [0.29, 0.717) is 23.1 Å². The number of imide groups is 1. The van der Waals surface area contributed by atoms with Gasteiger partial charge in [-0.2, -0.15) is 0 Å². The molecule has 0 bridgehead atoms. The molecule has 0 aliphatic carbocycles. The third-order valence-corrected chi connectivity index (χ3v) is 6.12. The van der Waals surface area contributed by atoms with E-state index in [9.17, 15) is 24.0 Å². The Morgan fingerprint density at radius 3 is 2.51 bits per heavy atom. The monoisotopic (exact) mass is 506 g/mol. The first-order valence-electron chi connectivity index (χ1n) is 12.1. The smallest absolute Gasteiger partial charge is 0.408 e. The lowest BCUT2D eigenvalue weighted by Crippen LogP contribution is -2.52. The third-order valence-electron chi connectivity index (χ3n) is 6.12. The summed E-state index contributed by atoms with van der Waals surface area (Å²) in [5, 5.41) is 7.74. The van der Waals surface area contributed by atoms with Gasteiger partial charge >= 0.3 is 6.09 Å². The molecule has 2 aromatic rings. The van der Waals surface area contributed by atoms with Gasteiger partial charge in [0.2, 0.25) is 17.7 Å². The van der Waals surface area contributed by atoms with E-state index in [1.807, 2.05) is 6.07 Å². The summed E-state index contributed by atoms with van der Waals surface area (Å²) < 4.78 is 5.32. The first-order valence-corrected chi connectivity index (χ1v) is 12.1. The second-order valence-electron chi connectivity index (χ2n) is 10.1. The van der Waals surface area contributed by atoms with Crippen LogP contribution in [0.15, 0.2) is 48.5 Å². The minimum absolute atomic E-state index is 0.122. The minimum atomic E-state index is -0.977. The highest BCUT2D eigenvalue weighted by Gasteiger charge is 2.39. The number of carbonyl (C=O) groups is 5. The molecule has 37 heavy (non-hydrogen) atoms. The van der Waals surface area contributed by atoms with Crippen molar-refractivity contribution in [3.05, 3.63) is 70.8 Å². The highest BCUT2D eigenvalue weighted by atomic mass is 16.6. The van der Waals surface area contributed by atoms with Crippen LogP contribution in [0.1, 0.15) is 66.7 Å². The van der Waals surface area contributed by atoms with Gasteiger partial charge in [0.1, 0.15) is 17.7 Å². The maximum atomic E-state index is 13.1. The van der Waals surface area contributed by atoms with Crippen molar-refractivity contribution in [2.24, 2.45) is 0 Å². The predicted octanol–water partition coefficient (Wildman–Crippen LogP) is 2.33. The molecule has 2 heterocycles. The highest BCUT2D eigenvalue weighted by molar-refractivity contribution is 6.05. The van der Waals surface area contributed by atoms with E-state index >= 15 is 0 Å². The van der Waals surface area contributed by atoms with Crippen molar-refractivity contribution in [3.63, 3.8) is 0 Å². The van der Waals surface area contributed by atoms with E-state index in [2.05, 4.69) is 16.0 Å². The lowest BCUT2D eigenvalue weighted by atomic mass is 10.0. The molecule has 0 radical (unpaired) electrons. The van der Waals surface area contributed by atoms with Crippen molar-refractivity contribution in [1.82, 2.24) is 20.9 Å². The Bertz CT molecular complexity index is 1240. The Balaban J connectivity index is 1.44. The normalized spacial score (nSPS) is 18.1. The number of alkyl carbamates (subject to hydrolysis) is 1. The van der Waals surface area contributed by atoms with E-state index in [1.165, 1.54) is 4.90 Å². The maximum Gasteiger partial charge on any atom is 0.408 e. The van der Waals surface area contributed by atoms with Crippen LogP contribution in [0.2, 0.25) is 0 Å². The first kappa shape index (κ1) is 25.9. The fraction of sp³-hybridized carbons (Fsp3) is 0.370. The number of amides is 5. The number of piperidine rings is 1. The minimum Gasteiger partial charge on any atom is -0.444 e. The number of benzene rings is 2. The maximum absolute atomic E-state index is 13.1. The Hall–Kier alpha value is -4.21. The number of ether oxygens (including phenoxy) is 1. The van der Waals surface area contributed by atoms with Gasteiger partial charge in [0.15, 0.2) is 0 Å². The van der Waals surface area contributed by atoms with Crippen molar-refractivity contribution in [2.75, 3.05) is 0 Å². The van der Waals surface area contributed by atoms with Crippen LogP contribution in [0.4, 0.5) is 4.79 Å². The van der Waals surface area contributed by atoms with Gasteiger partial charge in [-0.25, -0.2) is 4.79 Å². The van der Waals surface area contributed by atoms with E-state index in [1.54, 1.807) is 63.2 Å². The van der Waals surface area contributed by atoms with Crippen molar-refractivity contribution in [3.8, 4) is 0 Å². The molecule has 2 atom stereocenters. The molecule has 10 nitrogen and oxygen atoms in total. The van der Waals surface area contributed by atoms with Gasteiger partial charge in [-0.3, -0.25) is 24.5 Å². The topological polar surface area (TPSA) is 134 Å². The van der Waals surface area contributed by atoms with Crippen molar-refractivity contribution in [1.29, 1.82) is 0 Å². The number of hydrogen-bond acceptors (Lipinski definition) is 6. The molecular formula is C27H30N4O6. The van der Waals surface area contributed by atoms with E-state index in [4.69, 9.17) is 4.74 Å². The second-order valence-corrected chi connectivity index (χ2v) is 10.1. The summed E-state index contributed by atoms with van der Waals surface area (Å²) in [7, 11) is 0. The van der Waals surface area contributed by atoms with Crippen molar-refractivity contribution < 1.29 is 28.7 Å². The number of hydrogen-bond donors (Lipinski definition) is 3. The zero-order valence-electron chi connectivity index (χ0n) is 21.0. The average molecular weight is 507 g/mol. The fourth-order valence-electron chi connectivity index (χ4n) is 4.37. The standard InChI is InChI=1S/C27H30N4O6/c1-27(2,3)37-26(36)30-22(17-7-5-4-6-8-17)24(34)28-14-16-9-10-18-15-31(25(35)19(18)13-16)20-11-12-21(32)29-23(20)33/h4-10,13,20,22H,11-12,14-15H2,1-3H3,(H,28,34)(H,30,36)(H,29,32,33)/t20?,22-/m0/s1. The lowest BCUT2D eigenvalue weighted by molar-refractivity contribution is -0.137.